The maximum Gasteiger partial charge on any atom is 0.308 e. The number of fused-ring (bicyclic) bond motifs is 1. The lowest BCUT2D eigenvalue weighted by atomic mass is 9.84. The number of aryl methyl sites for hydroxylation is 1. The van der Waals surface area contributed by atoms with E-state index < -0.39 is 23.8 Å². The van der Waals surface area contributed by atoms with Crippen LogP contribution in [-0.2, 0) is 14.4 Å². The first kappa shape index (κ1) is 33.7. The van der Waals surface area contributed by atoms with Crippen LogP contribution >= 0.6 is 0 Å². The maximum atomic E-state index is 14.4. The molecule has 0 radical (unpaired) electrons. The van der Waals surface area contributed by atoms with Gasteiger partial charge in [-0.2, -0.15) is 0 Å². The number of rotatable bonds is 13. The summed E-state index contributed by atoms with van der Waals surface area (Å²) < 4.78 is 25.4. The molecule has 2 fully saturated rings. The Labute approximate surface area is 271 Å². The minimum atomic E-state index is -0.934. The zero-order valence-corrected chi connectivity index (χ0v) is 27.8. The van der Waals surface area contributed by atoms with Crippen LogP contribution in [0.1, 0.15) is 83.3 Å². The Balaban J connectivity index is 1.48. The fourth-order valence-electron chi connectivity index (χ4n) is 7.66. The number of carboxylic acids is 1. The summed E-state index contributed by atoms with van der Waals surface area (Å²) in [6.45, 7) is 11.5. The van der Waals surface area contributed by atoms with E-state index in [1.54, 1.807) is 19.1 Å². The molecule has 2 amide bonds. The molecule has 46 heavy (non-hydrogen) atoms. The Hall–Kier alpha value is -3.66. The van der Waals surface area contributed by atoms with Crippen molar-refractivity contribution >= 4 is 23.5 Å². The van der Waals surface area contributed by atoms with Crippen LogP contribution in [0.4, 0.5) is 10.1 Å². The minimum absolute atomic E-state index is 0.00922. The van der Waals surface area contributed by atoms with Gasteiger partial charge in [0, 0.05) is 49.7 Å². The quantitative estimate of drug-likeness (QED) is 0.288. The first-order valence-electron chi connectivity index (χ1n) is 16.6. The van der Waals surface area contributed by atoms with Crippen molar-refractivity contribution in [2.75, 3.05) is 37.9 Å². The highest BCUT2D eigenvalue weighted by Gasteiger charge is 2.48. The van der Waals surface area contributed by atoms with E-state index >= 15 is 0 Å². The number of hydrogen-bond acceptors (Lipinski definition) is 6. The van der Waals surface area contributed by atoms with Gasteiger partial charge in [0.05, 0.1) is 12.5 Å². The van der Waals surface area contributed by atoms with E-state index in [4.69, 9.17) is 9.47 Å². The molecule has 1 unspecified atom stereocenters. The molecule has 3 aliphatic heterocycles. The van der Waals surface area contributed by atoms with Gasteiger partial charge in [0.1, 0.15) is 5.82 Å². The lowest BCUT2D eigenvalue weighted by Gasteiger charge is -2.35. The van der Waals surface area contributed by atoms with E-state index in [1.165, 1.54) is 6.07 Å². The van der Waals surface area contributed by atoms with Crippen molar-refractivity contribution in [3.63, 3.8) is 0 Å². The fraction of sp³-hybridized carbons (Fsp3) is 0.583. The average molecular weight is 638 g/mol. The molecule has 1 N–H and O–H groups in total. The topological polar surface area (TPSA) is 99.6 Å². The molecule has 2 aromatic rings. The lowest BCUT2D eigenvalue weighted by Crippen LogP contribution is -2.48. The van der Waals surface area contributed by atoms with Crippen molar-refractivity contribution in [3.05, 3.63) is 53.3 Å². The molecular formula is C36H48FN3O6. The lowest BCUT2D eigenvalue weighted by molar-refractivity contribution is -0.143. The van der Waals surface area contributed by atoms with E-state index in [0.717, 1.165) is 31.2 Å². The van der Waals surface area contributed by atoms with Gasteiger partial charge in [0.25, 0.3) is 0 Å². The first-order valence-corrected chi connectivity index (χ1v) is 16.6. The van der Waals surface area contributed by atoms with E-state index in [0.29, 0.717) is 55.2 Å². The van der Waals surface area contributed by atoms with E-state index in [2.05, 4.69) is 27.7 Å². The molecule has 0 saturated carbocycles. The summed E-state index contributed by atoms with van der Waals surface area (Å²) in [4.78, 5) is 46.0. The molecule has 3 aliphatic rings. The molecule has 5 rings (SSSR count). The second kappa shape index (κ2) is 14.0. The molecule has 2 saturated heterocycles. The monoisotopic (exact) mass is 637 g/mol. The highest BCUT2D eigenvalue weighted by atomic mass is 19.1. The van der Waals surface area contributed by atoms with Crippen LogP contribution in [0.15, 0.2) is 36.4 Å². The summed E-state index contributed by atoms with van der Waals surface area (Å²) in [6, 6.07) is 9.78. The number of benzene rings is 2. The van der Waals surface area contributed by atoms with Crippen LogP contribution in [0.3, 0.4) is 0 Å². The number of nitrogens with zero attached hydrogens (tertiary/aromatic N) is 3. The zero-order chi connectivity index (χ0) is 33.2. The van der Waals surface area contributed by atoms with Crippen LogP contribution < -0.4 is 14.4 Å². The summed E-state index contributed by atoms with van der Waals surface area (Å²) in [7, 11) is 0. The molecule has 2 aromatic carbocycles. The number of carbonyl (C=O) groups is 3. The summed E-state index contributed by atoms with van der Waals surface area (Å²) >= 11 is 0. The van der Waals surface area contributed by atoms with Crippen LogP contribution in [-0.4, -0.2) is 77.7 Å². The second-order valence-corrected chi connectivity index (χ2v) is 14.0. The minimum Gasteiger partial charge on any atom is -0.481 e. The van der Waals surface area contributed by atoms with E-state index in [1.807, 2.05) is 32.9 Å². The van der Waals surface area contributed by atoms with Crippen molar-refractivity contribution in [2.24, 2.45) is 11.3 Å². The average Bonchev–Trinajstić information content (AvgIpc) is 3.68. The SMILES string of the molecule is CCCC(CCC)N(C(=O)CN1C[C@H](c2ccc3c(c2)OCO3)C(C(=O)O)[C@@H]1CCN1CC(C)(C)CC1=O)c1ccc(F)c(C)c1. The molecule has 3 heterocycles. The van der Waals surface area contributed by atoms with Crippen LogP contribution in [0.5, 0.6) is 11.5 Å². The largest absolute Gasteiger partial charge is 0.481 e. The number of ether oxygens (including phenoxy) is 2. The third-order valence-corrected chi connectivity index (χ3v) is 9.79. The molecule has 9 nitrogen and oxygen atoms in total. The summed E-state index contributed by atoms with van der Waals surface area (Å²) in [5.41, 5.74) is 1.80. The molecule has 0 spiro atoms. The van der Waals surface area contributed by atoms with Crippen molar-refractivity contribution in [2.45, 2.75) is 91.1 Å². The van der Waals surface area contributed by atoms with Gasteiger partial charge in [-0.25, -0.2) is 4.39 Å². The van der Waals surface area contributed by atoms with Crippen molar-refractivity contribution in [1.82, 2.24) is 9.80 Å². The van der Waals surface area contributed by atoms with Gasteiger partial charge in [-0.1, -0.05) is 46.6 Å². The number of amides is 2. The number of carbonyl (C=O) groups excluding carboxylic acids is 2. The Morgan fingerprint density at radius 2 is 1.80 bits per heavy atom. The molecule has 250 valence electrons. The second-order valence-electron chi connectivity index (χ2n) is 14.0. The van der Waals surface area contributed by atoms with Crippen LogP contribution in [0.25, 0.3) is 0 Å². The predicted molar refractivity (Wildman–Crippen MR) is 174 cm³/mol. The van der Waals surface area contributed by atoms with Gasteiger partial charge in [0.2, 0.25) is 18.6 Å². The van der Waals surface area contributed by atoms with Crippen molar-refractivity contribution < 1.29 is 33.4 Å². The number of hydrogen-bond donors (Lipinski definition) is 1. The number of halogens is 1. The van der Waals surface area contributed by atoms with E-state index in [-0.39, 0.29) is 42.4 Å². The van der Waals surface area contributed by atoms with E-state index in [9.17, 15) is 23.9 Å². The zero-order valence-electron chi connectivity index (χ0n) is 27.8. The van der Waals surface area contributed by atoms with Crippen LogP contribution in [0, 0.1) is 24.1 Å². The highest BCUT2D eigenvalue weighted by molar-refractivity contribution is 5.95. The van der Waals surface area contributed by atoms with Crippen molar-refractivity contribution in [3.8, 4) is 11.5 Å². The maximum absolute atomic E-state index is 14.4. The molecule has 0 bridgehead atoms. The third-order valence-electron chi connectivity index (χ3n) is 9.79. The van der Waals surface area contributed by atoms with Gasteiger partial charge in [0.15, 0.2) is 11.5 Å². The smallest absolute Gasteiger partial charge is 0.308 e. The normalized spacial score (nSPS) is 22.2. The molecule has 10 heteroatoms. The Kier molecular flexibility index (Phi) is 10.2. The van der Waals surface area contributed by atoms with Gasteiger partial charge in [-0.15, -0.1) is 0 Å². The third kappa shape index (κ3) is 7.17. The first-order chi connectivity index (χ1) is 21.9. The summed E-state index contributed by atoms with van der Waals surface area (Å²) in [5, 5.41) is 10.7. The summed E-state index contributed by atoms with van der Waals surface area (Å²) in [5.74, 6) is -1.33. The van der Waals surface area contributed by atoms with Gasteiger partial charge in [-0.05, 0) is 73.1 Å². The number of carboxylic acid groups (broad SMARTS) is 1. The standard InChI is InChI=1S/C36H48FN3O6/c1-6-8-25(9-7-2)40(26-11-12-28(37)23(3)16-26)33(42)20-39-19-27(24-10-13-30-31(17-24)46-22-45-30)34(35(43)44)29(39)14-15-38-21-36(4,5)18-32(38)41/h10-13,16-17,25,27,29,34H,6-9,14-15,18-22H2,1-5H3,(H,43,44)/t27-,29+,34?/m1/s1. The Bertz CT molecular complexity index is 1440. The highest BCUT2D eigenvalue weighted by Crippen LogP contribution is 2.43. The Morgan fingerprint density at radius 1 is 1.09 bits per heavy atom. The van der Waals surface area contributed by atoms with Gasteiger partial charge >= 0.3 is 5.97 Å². The molecule has 0 aromatic heterocycles. The fourth-order valence-corrected chi connectivity index (χ4v) is 7.66. The number of aliphatic carboxylic acids is 1. The Morgan fingerprint density at radius 3 is 2.43 bits per heavy atom. The van der Waals surface area contributed by atoms with Crippen molar-refractivity contribution in [1.29, 1.82) is 0 Å². The predicted octanol–water partition coefficient (Wildman–Crippen LogP) is 5.98. The van der Waals surface area contributed by atoms with Crippen LogP contribution in [0.2, 0.25) is 0 Å². The molecular weight excluding hydrogens is 589 g/mol. The van der Waals surface area contributed by atoms with Gasteiger partial charge in [-0.3, -0.25) is 19.3 Å². The number of likely N-dealkylation sites (tertiary alicyclic amines) is 2. The summed E-state index contributed by atoms with van der Waals surface area (Å²) in [6.07, 6.45) is 4.25. The van der Waals surface area contributed by atoms with Gasteiger partial charge < -0.3 is 24.4 Å². The molecule has 0 aliphatic carbocycles. The number of anilines is 1. The molecule has 3 atom stereocenters.